The van der Waals surface area contributed by atoms with Crippen molar-refractivity contribution in [3.63, 3.8) is 0 Å². The molecule has 0 aromatic heterocycles. The van der Waals surface area contributed by atoms with Crippen LogP contribution in [0.2, 0.25) is 0 Å². The van der Waals surface area contributed by atoms with Crippen molar-refractivity contribution >= 4 is 17.5 Å². The van der Waals surface area contributed by atoms with Crippen LogP contribution in [-0.2, 0) is 28.6 Å². The number of esters is 1. The van der Waals surface area contributed by atoms with Crippen LogP contribution in [0.5, 0.6) is 0 Å². The van der Waals surface area contributed by atoms with Crippen molar-refractivity contribution in [3.8, 4) is 0 Å². The number of rotatable bonds is 3. The van der Waals surface area contributed by atoms with Crippen LogP contribution in [0.15, 0.2) is 23.8 Å². The molecule has 4 aliphatic carbocycles. The normalized spacial score (nSPS) is 48.3. The molecule has 1 saturated heterocycles. The number of aliphatic hydroxyl groups excluding tert-OH is 1. The minimum atomic E-state index is -1.42. The predicted molar refractivity (Wildman–Crippen MR) is 118 cm³/mol. The number of hydrogen-bond donors (Lipinski definition) is 1. The smallest absolute Gasteiger partial charge is 0.302 e. The van der Waals surface area contributed by atoms with Crippen molar-refractivity contribution in [2.75, 3.05) is 6.61 Å². The highest BCUT2D eigenvalue weighted by atomic mass is 19.1. The number of carbonyl (C=O) groups is 3. The molecule has 9 atom stereocenters. The maximum atomic E-state index is 15.7. The lowest BCUT2D eigenvalue weighted by Gasteiger charge is -2.60. The molecule has 8 heteroatoms. The Balaban J connectivity index is 1.66. The van der Waals surface area contributed by atoms with Gasteiger partial charge in [0.25, 0.3) is 0 Å². The minimum absolute atomic E-state index is 0.157. The van der Waals surface area contributed by atoms with Gasteiger partial charge in [-0.1, -0.05) is 19.9 Å². The summed E-state index contributed by atoms with van der Waals surface area (Å²) in [7, 11) is 0. The Labute approximate surface area is 198 Å². The van der Waals surface area contributed by atoms with Gasteiger partial charge in [0.05, 0.1) is 6.10 Å². The third kappa shape index (κ3) is 2.94. The molecule has 34 heavy (non-hydrogen) atoms. The highest BCUT2D eigenvalue weighted by Crippen LogP contribution is 2.70. The molecule has 7 nitrogen and oxygen atoms in total. The van der Waals surface area contributed by atoms with Gasteiger partial charge in [0.15, 0.2) is 23.0 Å². The van der Waals surface area contributed by atoms with E-state index < -0.39 is 59.0 Å². The van der Waals surface area contributed by atoms with E-state index in [1.807, 2.05) is 13.8 Å². The summed E-state index contributed by atoms with van der Waals surface area (Å²) < 4.78 is 34.1. The van der Waals surface area contributed by atoms with E-state index in [-0.39, 0.29) is 30.0 Å². The van der Waals surface area contributed by atoms with Crippen LogP contribution < -0.4 is 0 Å². The van der Waals surface area contributed by atoms with Crippen molar-refractivity contribution in [1.29, 1.82) is 0 Å². The highest BCUT2D eigenvalue weighted by Gasteiger charge is 2.77. The Hall–Kier alpha value is -1.90. The zero-order valence-electron chi connectivity index (χ0n) is 20.3. The Kier molecular flexibility index (Phi) is 5.12. The number of hydrogen-bond acceptors (Lipinski definition) is 7. The van der Waals surface area contributed by atoms with Crippen molar-refractivity contribution in [2.24, 2.45) is 28.6 Å². The lowest BCUT2D eigenvalue weighted by Crippen LogP contribution is -2.65. The first kappa shape index (κ1) is 23.8. The summed E-state index contributed by atoms with van der Waals surface area (Å²) in [6.45, 7) is 7.96. The number of ketones is 2. The van der Waals surface area contributed by atoms with Crippen LogP contribution in [0, 0.1) is 28.6 Å². The van der Waals surface area contributed by atoms with Crippen molar-refractivity contribution < 1.29 is 38.1 Å². The Morgan fingerprint density at radius 3 is 2.59 bits per heavy atom. The molecule has 0 unspecified atom stereocenters. The van der Waals surface area contributed by atoms with Gasteiger partial charge in [0.2, 0.25) is 0 Å². The van der Waals surface area contributed by atoms with Crippen LogP contribution in [0.3, 0.4) is 0 Å². The first-order valence-corrected chi connectivity index (χ1v) is 12.1. The predicted octanol–water partition coefficient (Wildman–Crippen LogP) is 2.85. The second-order valence-electron chi connectivity index (χ2n) is 11.5. The van der Waals surface area contributed by atoms with E-state index in [4.69, 9.17) is 14.2 Å². The fraction of sp³-hybridized carbons (Fsp3) is 0.731. The molecule has 1 heterocycles. The van der Waals surface area contributed by atoms with Gasteiger partial charge in [-0.25, -0.2) is 4.39 Å². The number of fused-ring (bicyclic) bond motifs is 7. The summed E-state index contributed by atoms with van der Waals surface area (Å²) in [5.74, 6) is -2.88. The average Bonchev–Trinajstić information content (AvgIpc) is 3.14. The molecule has 0 amide bonds. The average molecular weight is 477 g/mol. The van der Waals surface area contributed by atoms with Gasteiger partial charge < -0.3 is 19.3 Å². The van der Waals surface area contributed by atoms with Gasteiger partial charge in [-0.3, -0.25) is 14.4 Å². The monoisotopic (exact) mass is 476 g/mol. The molecule has 0 radical (unpaired) electrons. The lowest BCUT2D eigenvalue weighted by atomic mass is 9.45. The summed E-state index contributed by atoms with van der Waals surface area (Å²) in [4.78, 5) is 37.7. The van der Waals surface area contributed by atoms with Gasteiger partial charge in [0, 0.05) is 23.7 Å². The number of alkyl halides is 1. The van der Waals surface area contributed by atoms with E-state index in [1.165, 1.54) is 19.1 Å². The second kappa shape index (κ2) is 7.31. The molecule has 0 aromatic carbocycles. The van der Waals surface area contributed by atoms with Gasteiger partial charge in [-0.2, -0.15) is 0 Å². The quantitative estimate of drug-likeness (QED) is 0.626. The molecule has 3 saturated carbocycles. The molecule has 5 aliphatic rings. The number of allylic oxidation sites excluding steroid dienone is 4. The zero-order valence-corrected chi connectivity index (χ0v) is 20.3. The number of carbonyl (C=O) groups excluding carboxylic acids is 3. The summed E-state index contributed by atoms with van der Waals surface area (Å²) in [6.07, 6.45) is 2.99. The van der Waals surface area contributed by atoms with E-state index >= 15 is 4.39 Å². The number of halogens is 1. The Bertz CT molecular complexity index is 1020. The Morgan fingerprint density at radius 1 is 1.24 bits per heavy atom. The third-order valence-corrected chi connectivity index (χ3v) is 9.32. The molecule has 5 rings (SSSR count). The molecule has 0 bridgehead atoms. The van der Waals surface area contributed by atoms with Crippen LogP contribution in [0.4, 0.5) is 4.39 Å². The van der Waals surface area contributed by atoms with Gasteiger partial charge >= 0.3 is 5.97 Å². The van der Waals surface area contributed by atoms with Gasteiger partial charge in [0.1, 0.15) is 18.9 Å². The van der Waals surface area contributed by atoms with E-state index in [1.54, 1.807) is 19.9 Å². The first-order chi connectivity index (χ1) is 15.8. The molecule has 0 aromatic rings. The SMILES string of the molecule is CC(=O)O[C@H]1C[C@@]2(C)[C@@H](C[C@H]3OC(C)(C)O[C@]32C(=O)CO)[C@@H]2C[C@H](F)C3=CC(=O)C=C[C@]3(C)[C@H]21. The molecular formula is C26H33FO7. The van der Waals surface area contributed by atoms with E-state index in [0.29, 0.717) is 18.4 Å². The number of ether oxygens (including phenoxy) is 3. The van der Waals surface area contributed by atoms with E-state index in [9.17, 15) is 19.5 Å². The van der Waals surface area contributed by atoms with Crippen LogP contribution in [0.25, 0.3) is 0 Å². The maximum Gasteiger partial charge on any atom is 0.302 e. The Morgan fingerprint density at radius 2 is 1.94 bits per heavy atom. The molecule has 1 N–H and O–H groups in total. The summed E-state index contributed by atoms with van der Waals surface area (Å²) in [5.41, 5.74) is -2.64. The molecule has 1 aliphatic heterocycles. The summed E-state index contributed by atoms with van der Waals surface area (Å²) in [5, 5.41) is 9.94. The third-order valence-electron chi connectivity index (χ3n) is 9.32. The number of Topliss-reactive ketones (excluding diaryl/α,β-unsaturated/α-hetero) is 1. The van der Waals surface area contributed by atoms with Crippen LogP contribution in [-0.4, -0.2) is 59.0 Å². The van der Waals surface area contributed by atoms with Crippen LogP contribution in [0.1, 0.15) is 53.9 Å². The fourth-order valence-electron chi connectivity index (χ4n) is 8.34. The minimum Gasteiger partial charge on any atom is -0.462 e. The summed E-state index contributed by atoms with van der Waals surface area (Å²) >= 11 is 0. The van der Waals surface area contributed by atoms with E-state index in [2.05, 4.69) is 0 Å². The van der Waals surface area contributed by atoms with Crippen molar-refractivity contribution in [1.82, 2.24) is 0 Å². The molecule has 0 spiro atoms. The number of aliphatic hydroxyl groups is 1. The van der Waals surface area contributed by atoms with E-state index in [0.717, 1.165) is 0 Å². The topological polar surface area (TPSA) is 99.1 Å². The molecular weight excluding hydrogens is 443 g/mol. The molecule has 4 fully saturated rings. The first-order valence-electron chi connectivity index (χ1n) is 12.1. The fourth-order valence-corrected chi connectivity index (χ4v) is 8.34. The standard InChI is InChI=1S/C26H33FO7/c1-13(29)32-19-11-25(5)16(10-21-26(25,20(31)12-28)34-23(2,3)33-21)15-9-18(27)17-8-14(30)6-7-24(17,4)22(15)19/h6-8,15-16,18-19,21-22,28H,9-12H2,1-5H3/t15-,16-,18-,19-,21+,22+,24-,25-,26+/m0/s1. The zero-order chi connectivity index (χ0) is 24.8. The summed E-state index contributed by atoms with van der Waals surface area (Å²) in [6, 6.07) is 0. The van der Waals surface area contributed by atoms with Gasteiger partial charge in [-0.15, -0.1) is 0 Å². The maximum absolute atomic E-state index is 15.7. The van der Waals surface area contributed by atoms with Crippen molar-refractivity contribution in [2.45, 2.75) is 83.6 Å². The van der Waals surface area contributed by atoms with Gasteiger partial charge in [-0.05, 0) is 62.7 Å². The highest BCUT2D eigenvalue weighted by molar-refractivity contribution is 6.01. The van der Waals surface area contributed by atoms with Crippen molar-refractivity contribution in [3.05, 3.63) is 23.8 Å². The molecule has 186 valence electrons. The second-order valence-corrected chi connectivity index (χ2v) is 11.5. The van der Waals surface area contributed by atoms with Crippen LogP contribution >= 0.6 is 0 Å². The lowest BCUT2D eigenvalue weighted by molar-refractivity contribution is -0.230. The largest absolute Gasteiger partial charge is 0.462 e.